The molecule has 7 heteroatoms. The number of likely N-dealkylation sites (tertiary alicyclic amines) is 1. The van der Waals surface area contributed by atoms with Gasteiger partial charge in [0.15, 0.2) is 5.78 Å². The van der Waals surface area contributed by atoms with Gasteiger partial charge in [-0.2, -0.15) is 0 Å². The molecule has 1 unspecified atom stereocenters. The summed E-state index contributed by atoms with van der Waals surface area (Å²) < 4.78 is 6.42. The lowest BCUT2D eigenvalue weighted by Gasteiger charge is -2.46. The molecule has 0 aromatic heterocycles. The summed E-state index contributed by atoms with van der Waals surface area (Å²) in [5.41, 5.74) is 2.44. The summed E-state index contributed by atoms with van der Waals surface area (Å²) in [6.07, 6.45) is 10.3. The molecule has 3 aliphatic rings. The van der Waals surface area contributed by atoms with E-state index in [9.17, 15) is 9.59 Å². The molecule has 2 aliphatic heterocycles. The number of rotatable bonds is 3. The number of nitrogens with zero attached hydrogens (tertiary/aromatic N) is 1. The number of carbonyl (C=O) groups is 2. The van der Waals surface area contributed by atoms with Crippen molar-refractivity contribution in [1.29, 1.82) is 0 Å². The number of benzene rings is 1. The van der Waals surface area contributed by atoms with E-state index in [0.717, 1.165) is 31.5 Å². The topological polar surface area (TPSA) is 78.9 Å². The molecule has 28 heavy (non-hydrogen) atoms. The molecule has 1 aromatic carbocycles. The highest BCUT2D eigenvalue weighted by atomic mass is 35.5. The molecule has 1 aliphatic carbocycles. The zero-order chi connectivity index (χ0) is 18.9. The van der Waals surface area contributed by atoms with Crippen LogP contribution in [0.3, 0.4) is 0 Å². The third kappa shape index (κ3) is 4.24. The van der Waals surface area contributed by atoms with Crippen LogP contribution in [-0.4, -0.2) is 46.5 Å². The summed E-state index contributed by atoms with van der Waals surface area (Å²) in [5, 5.41) is 8.56. The zero-order valence-electron chi connectivity index (χ0n) is 15.9. The maximum Gasteiger partial charge on any atom is 0.267 e. The van der Waals surface area contributed by atoms with Crippen LogP contribution < -0.4 is 10.2 Å². The van der Waals surface area contributed by atoms with Gasteiger partial charge in [-0.05, 0) is 56.0 Å². The fourth-order valence-corrected chi connectivity index (χ4v) is 4.77. The standard InChI is InChI=1S/C21H26N2O4.ClH/c24-18-13-21(10-3-11-23(14-21)16-4-1-2-5-16)27-19-8-6-15(12-17(18)19)7-9-20(25)22-26;/h6-9,12,16,26H,1-5,10-11,13-14H2,(H,22,25);1H. The third-order valence-corrected chi connectivity index (χ3v) is 6.06. The van der Waals surface area contributed by atoms with Crippen molar-refractivity contribution in [3.8, 4) is 5.75 Å². The van der Waals surface area contributed by atoms with Crippen LogP contribution in [0.2, 0.25) is 0 Å². The summed E-state index contributed by atoms with van der Waals surface area (Å²) >= 11 is 0. The van der Waals surface area contributed by atoms with Crippen molar-refractivity contribution in [3.63, 3.8) is 0 Å². The monoisotopic (exact) mass is 406 g/mol. The van der Waals surface area contributed by atoms with Crippen LogP contribution in [0.15, 0.2) is 24.3 Å². The van der Waals surface area contributed by atoms with E-state index in [1.807, 2.05) is 12.1 Å². The summed E-state index contributed by atoms with van der Waals surface area (Å²) in [6.45, 7) is 1.94. The number of amides is 1. The van der Waals surface area contributed by atoms with Gasteiger partial charge < -0.3 is 4.74 Å². The number of halogens is 1. The Kier molecular flexibility index (Phi) is 6.43. The summed E-state index contributed by atoms with van der Waals surface area (Å²) in [7, 11) is 0. The molecule has 1 saturated heterocycles. The van der Waals surface area contributed by atoms with Crippen molar-refractivity contribution in [2.75, 3.05) is 13.1 Å². The Balaban J connectivity index is 0.00000225. The van der Waals surface area contributed by atoms with E-state index in [4.69, 9.17) is 9.94 Å². The van der Waals surface area contributed by atoms with Gasteiger partial charge in [0.25, 0.3) is 5.91 Å². The zero-order valence-corrected chi connectivity index (χ0v) is 16.7. The van der Waals surface area contributed by atoms with Crippen LogP contribution in [0, 0.1) is 0 Å². The van der Waals surface area contributed by atoms with Gasteiger partial charge in [0, 0.05) is 18.7 Å². The summed E-state index contributed by atoms with van der Waals surface area (Å²) in [5.74, 6) is 0.137. The van der Waals surface area contributed by atoms with Crippen molar-refractivity contribution < 1.29 is 19.5 Å². The molecular weight excluding hydrogens is 380 g/mol. The van der Waals surface area contributed by atoms with Crippen molar-refractivity contribution >= 4 is 30.2 Å². The molecule has 2 N–H and O–H groups in total. The van der Waals surface area contributed by atoms with Crippen molar-refractivity contribution in [1.82, 2.24) is 10.4 Å². The molecule has 2 heterocycles. The first kappa shape index (κ1) is 20.8. The van der Waals surface area contributed by atoms with Gasteiger partial charge in [-0.15, -0.1) is 12.4 Å². The summed E-state index contributed by atoms with van der Waals surface area (Å²) in [4.78, 5) is 26.6. The number of ketones is 1. The highest BCUT2D eigenvalue weighted by molar-refractivity contribution is 6.01. The highest BCUT2D eigenvalue weighted by Gasteiger charge is 2.45. The van der Waals surface area contributed by atoms with Gasteiger partial charge in [0.1, 0.15) is 11.4 Å². The lowest BCUT2D eigenvalue weighted by molar-refractivity contribution is -0.124. The van der Waals surface area contributed by atoms with Crippen LogP contribution in [0.1, 0.15) is 60.9 Å². The fraction of sp³-hybridized carbons (Fsp3) is 0.524. The van der Waals surface area contributed by atoms with E-state index in [0.29, 0.717) is 23.8 Å². The summed E-state index contributed by atoms with van der Waals surface area (Å²) in [6, 6.07) is 6.04. The van der Waals surface area contributed by atoms with E-state index in [-0.39, 0.29) is 18.2 Å². The molecule has 152 valence electrons. The van der Waals surface area contributed by atoms with E-state index >= 15 is 0 Å². The maximum absolute atomic E-state index is 12.9. The fourth-order valence-electron chi connectivity index (χ4n) is 4.77. The van der Waals surface area contributed by atoms with Gasteiger partial charge in [-0.1, -0.05) is 18.9 Å². The van der Waals surface area contributed by atoms with Crippen LogP contribution in [0.25, 0.3) is 6.08 Å². The first-order valence-electron chi connectivity index (χ1n) is 9.81. The molecule has 0 radical (unpaired) electrons. The molecule has 4 rings (SSSR count). The first-order chi connectivity index (χ1) is 13.1. The quantitative estimate of drug-likeness (QED) is 0.457. The van der Waals surface area contributed by atoms with Gasteiger partial charge in [0.2, 0.25) is 0 Å². The minimum absolute atomic E-state index is 0. The lowest BCUT2D eigenvalue weighted by Crippen LogP contribution is -2.56. The molecule has 2 fully saturated rings. The molecule has 6 nitrogen and oxygen atoms in total. The van der Waals surface area contributed by atoms with Crippen molar-refractivity contribution in [3.05, 3.63) is 35.4 Å². The van der Waals surface area contributed by atoms with E-state index in [1.54, 1.807) is 17.6 Å². The maximum atomic E-state index is 12.9. The Morgan fingerprint density at radius 3 is 2.82 bits per heavy atom. The Morgan fingerprint density at radius 2 is 2.07 bits per heavy atom. The Morgan fingerprint density at radius 1 is 1.29 bits per heavy atom. The SMILES string of the molecule is Cl.O=C(C=Cc1ccc2c(c1)C(=O)CC1(CCCN(C3CCCC3)C1)O2)NO. The predicted octanol–water partition coefficient (Wildman–Crippen LogP) is 3.37. The number of piperidine rings is 1. The van der Waals surface area contributed by atoms with E-state index in [2.05, 4.69) is 4.90 Å². The minimum Gasteiger partial charge on any atom is -0.485 e. The average molecular weight is 407 g/mol. The number of hydrogen-bond acceptors (Lipinski definition) is 5. The van der Waals surface area contributed by atoms with Gasteiger partial charge in [-0.25, -0.2) is 5.48 Å². The number of carbonyl (C=O) groups excluding carboxylic acids is 2. The molecule has 1 spiro atoms. The number of hydrogen-bond donors (Lipinski definition) is 2. The van der Waals surface area contributed by atoms with Crippen molar-refractivity contribution in [2.45, 2.75) is 56.6 Å². The molecule has 1 amide bonds. The van der Waals surface area contributed by atoms with Crippen LogP contribution in [0.5, 0.6) is 5.75 Å². The van der Waals surface area contributed by atoms with Crippen LogP contribution >= 0.6 is 12.4 Å². The second-order valence-corrected chi connectivity index (χ2v) is 7.96. The minimum atomic E-state index is -0.608. The van der Waals surface area contributed by atoms with Crippen LogP contribution in [0.4, 0.5) is 0 Å². The van der Waals surface area contributed by atoms with Crippen LogP contribution in [-0.2, 0) is 4.79 Å². The largest absolute Gasteiger partial charge is 0.485 e. The normalized spacial score (nSPS) is 25.4. The molecule has 0 bridgehead atoms. The Hall–Kier alpha value is -1.89. The van der Waals surface area contributed by atoms with Gasteiger partial charge in [-0.3, -0.25) is 19.7 Å². The van der Waals surface area contributed by atoms with E-state index in [1.165, 1.54) is 31.8 Å². The third-order valence-electron chi connectivity index (χ3n) is 6.06. The smallest absolute Gasteiger partial charge is 0.267 e. The van der Waals surface area contributed by atoms with E-state index < -0.39 is 11.5 Å². The van der Waals surface area contributed by atoms with Crippen molar-refractivity contribution in [2.24, 2.45) is 0 Å². The predicted molar refractivity (Wildman–Crippen MR) is 108 cm³/mol. The molecule has 1 aromatic rings. The van der Waals surface area contributed by atoms with Gasteiger partial charge in [0.05, 0.1) is 12.0 Å². The molecule has 1 saturated carbocycles. The number of Topliss-reactive ketones (excluding diaryl/α,β-unsaturated/α-hetero) is 1. The lowest BCUT2D eigenvalue weighted by atomic mass is 9.82. The molecular formula is C21H27ClN2O4. The molecule has 1 atom stereocenters. The second-order valence-electron chi connectivity index (χ2n) is 7.96. The number of hydroxylamine groups is 1. The average Bonchev–Trinajstić information content (AvgIpc) is 3.21. The number of ether oxygens (including phenoxy) is 1. The number of nitrogens with one attached hydrogen (secondary N) is 1. The van der Waals surface area contributed by atoms with Gasteiger partial charge >= 0.3 is 0 Å². The Labute approximate surface area is 171 Å². The number of fused-ring (bicyclic) bond motifs is 1. The first-order valence-corrected chi connectivity index (χ1v) is 9.81. The second kappa shape index (κ2) is 8.64. The Bertz CT molecular complexity index is 776. The highest BCUT2D eigenvalue weighted by Crippen LogP contribution is 2.40.